The summed E-state index contributed by atoms with van der Waals surface area (Å²) in [4.78, 5) is 18.4. The molecule has 5 aromatic rings. The van der Waals surface area contributed by atoms with Crippen LogP contribution in [-0.4, -0.2) is 39.3 Å². The van der Waals surface area contributed by atoms with E-state index in [1.807, 2.05) is 65.0 Å². The maximum Gasteiger partial charge on any atom is 0.334 e. The van der Waals surface area contributed by atoms with Gasteiger partial charge < -0.3 is 4.57 Å². The Morgan fingerprint density at radius 3 is 2.62 bits per heavy atom. The molecule has 1 N–H and O–H groups in total. The predicted octanol–water partition coefficient (Wildman–Crippen LogP) is 4.73. The summed E-state index contributed by atoms with van der Waals surface area (Å²) in [6.07, 6.45) is 8.75. The van der Waals surface area contributed by atoms with Gasteiger partial charge in [0, 0.05) is 36.9 Å². The van der Waals surface area contributed by atoms with Gasteiger partial charge in [0.15, 0.2) is 5.82 Å². The van der Waals surface area contributed by atoms with Crippen LogP contribution in [0.2, 0.25) is 0 Å². The van der Waals surface area contributed by atoms with Crippen molar-refractivity contribution in [2.45, 2.75) is 52.5 Å². The van der Waals surface area contributed by atoms with Gasteiger partial charge in [-0.3, -0.25) is 14.1 Å². The molecule has 0 bridgehead atoms. The fourth-order valence-corrected chi connectivity index (χ4v) is 4.74. The van der Waals surface area contributed by atoms with Crippen molar-refractivity contribution in [3.05, 3.63) is 88.5 Å². The van der Waals surface area contributed by atoms with Crippen LogP contribution in [-0.2, 0) is 20.0 Å². The van der Waals surface area contributed by atoms with Crippen molar-refractivity contribution in [2.75, 3.05) is 0 Å². The molecule has 37 heavy (non-hydrogen) atoms. The van der Waals surface area contributed by atoms with Crippen LogP contribution in [0.15, 0.2) is 65.8 Å². The summed E-state index contributed by atoms with van der Waals surface area (Å²) in [6.45, 7) is 6.89. The monoisotopic (exact) mass is 496 g/mol. The fraction of sp³-hybridized carbons (Fsp3) is 0.321. The number of nitrogens with zero attached hydrogens (tertiary/aromatic N) is 7. The molecule has 0 aliphatic heterocycles. The molecule has 0 aliphatic rings. The van der Waals surface area contributed by atoms with Gasteiger partial charge in [0.1, 0.15) is 5.82 Å². The Morgan fingerprint density at radius 1 is 1.05 bits per heavy atom. The third-order valence-corrected chi connectivity index (χ3v) is 6.72. The first-order chi connectivity index (χ1) is 18.0. The van der Waals surface area contributed by atoms with Gasteiger partial charge in [0.05, 0.1) is 12.2 Å². The second-order valence-corrected chi connectivity index (χ2v) is 9.69. The van der Waals surface area contributed by atoms with Gasteiger partial charge in [-0.2, -0.15) is 0 Å². The Bertz CT molecular complexity index is 1560. The number of hydrogen-bond acceptors (Lipinski definition) is 5. The van der Waals surface area contributed by atoms with Crippen LogP contribution in [0.3, 0.4) is 0 Å². The van der Waals surface area contributed by atoms with Crippen LogP contribution in [0.1, 0.15) is 56.5 Å². The molecule has 4 heterocycles. The number of imidazole rings is 1. The number of aryl methyl sites for hydroxylation is 2. The van der Waals surface area contributed by atoms with Crippen LogP contribution in [0.5, 0.6) is 0 Å². The highest BCUT2D eigenvalue weighted by Gasteiger charge is 2.19. The summed E-state index contributed by atoms with van der Waals surface area (Å²) in [5, 5.41) is 14.2. The molecule has 5 rings (SSSR count). The number of nitrogens with one attached hydrogen (secondary N) is 1. The highest BCUT2D eigenvalue weighted by molar-refractivity contribution is 5.70. The molecule has 0 unspecified atom stereocenters. The number of H-pyrrole nitrogens is 1. The molecule has 9 nitrogen and oxygen atoms in total. The summed E-state index contributed by atoms with van der Waals surface area (Å²) >= 11 is 0. The Kier molecular flexibility index (Phi) is 6.85. The number of pyridine rings is 1. The van der Waals surface area contributed by atoms with E-state index < -0.39 is 0 Å². The van der Waals surface area contributed by atoms with Crippen molar-refractivity contribution >= 4 is 0 Å². The average Bonchev–Trinajstić information content (AvgIpc) is 3.64. The minimum Gasteiger partial charge on any atom is -0.337 e. The number of benzene rings is 1. The average molecular weight is 497 g/mol. The van der Waals surface area contributed by atoms with Gasteiger partial charge in [-0.15, -0.1) is 5.10 Å². The van der Waals surface area contributed by atoms with E-state index in [-0.39, 0.29) is 5.69 Å². The summed E-state index contributed by atoms with van der Waals surface area (Å²) in [7, 11) is 1.99. The van der Waals surface area contributed by atoms with Gasteiger partial charge in [-0.05, 0) is 70.1 Å². The van der Waals surface area contributed by atoms with E-state index in [0.29, 0.717) is 18.3 Å². The van der Waals surface area contributed by atoms with Crippen LogP contribution in [0, 0.1) is 0 Å². The van der Waals surface area contributed by atoms with Crippen molar-refractivity contribution in [1.82, 2.24) is 39.3 Å². The van der Waals surface area contributed by atoms with Crippen molar-refractivity contribution in [3.63, 3.8) is 0 Å². The van der Waals surface area contributed by atoms with E-state index >= 15 is 0 Å². The molecule has 4 aromatic heterocycles. The smallest absolute Gasteiger partial charge is 0.334 e. The first-order valence-corrected chi connectivity index (χ1v) is 12.7. The summed E-state index contributed by atoms with van der Waals surface area (Å²) in [6, 6.07) is 14.2. The first-order valence-electron chi connectivity index (χ1n) is 12.7. The highest BCUT2D eigenvalue weighted by Crippen LogP contribution is 2.26. The zero-order valence-corrected chi connectivity index (χ0v) is 21.7. The minimum atomic E-state index is -0.0400. The van der Waals surface area contributed by atoms with Gasteiger partial charge in [0.25, 0.3) is 0 Å². The SMILES string of the molecule is CCCCc1cn(-c2c(C(C)C)ccn2C)c(=O)n1Cc1cc(-c2cccc(-c3nnn[nH]3)c2)ccn1. The van der Waals surface area contributed by atoms with E-state index in [1.165, 1.54) is 0 Å². The van der Waals surface area contributed by atoms with E-state index in [4.69, 9.17) is 0 Å². The van der Waals surface area contributed by atoms with E-state index in [2.05, 4.69) is 52.4 Å². The van der Waals surface area contributed by atoms with Gasteiger partial charge in [0.2, 0.25) is 0 Å². The molecule has 0 aliphatic carbocycles. The Balaban J connectivity index is 1.52. The summed E-state index contributed by atoms with van der Waals surface area (Å²) in [5.41, 5.74) is 5.92. The lowest BCUT2D eigenvalue weighted by molar-refractivity contribution is 0.660. The molecule has 9 heteroatoms. The summed E-state index contributed by atoms with van der Waals surface area (Å²) < 4.78 is 5.70. The van der Waals surface area contributed by atoms with Crippen molar-refractivity contribution in [1.29, 1.82) is 0 Å². The molecule has 0 saturated heterocycles. The molecule has 0 amide bonds. The topological polar surface area (TPSA) is 99.2 Å². The van der Waals surface area contributed by atoms with Crippen LogP contribution in [0.25, 0.3) is 28.3 Å². The number of hydrogen-bond donors (Lipinski definition) is 1. The van der Waals surface area contributed by atoms with E-state index in [9.17, 15) is 4.79 Å². The summed E-state index contributed by atoms with van der Waals surface area (Å²) in [5.74, 6) is 1.86. The van der Waals surface area contributed by atoms with E-state index in [1.54, 1.807) is 10.8 Å². The molecule has 0 fully saturated rings. The van der Waals surface area contributed by atoms with Crippen LogP contribution >= 0.6 is 0 Å². The lowest BCUT2D eigenvalue weighted by Crippen LogP contribution is -2.26. The van der Waals surface area contributed by atoms with Gasteiger partial charge in [-0.1, -0.05) is 45.4 Å². The molecule has 0 atom stereocenters. The number of rotatable bonds is 9. The quantitative estimate of drug-likeness (QED) is 0.318. The molecular weight excluding hydrogens is 464 g/mol. The first kappa shape index (κ1) is 24.4. The molecular formula is C28H32N8O. The lowest BCUT2D eigenvalue weighted by atomic mass is 10.0. The Hall–Kier alpha value is -4.27. The number of tetrazole rings is 1. The number of aromatic nitrogens is 8. The van der Waals surface area contributed by atoms with Crippen molar-refractivity contribution < 1.29 is 0 Å². The largest absolute Gasteiger partial charge is 0.337 e. The third-order valence-electron chi connectivity index (χ3n) is 6.72. The second kappa shape index (κ2) is 10.4. The van der Waals surface area contributed by atoms with Crippen molar-refractivity contribution in [2.24, 2.45) is 7.05 Å². The van der Waals surface area contributed by atoms with Gasteiger partial charge in [-0.25, -0.2) is 9.89 Å². The fourth-order valence-electron chi connectivity index (χ4n) is 4.74. The maximum absolute atomic E-state index is 13.8. The Labute approximate surface area is 215 Å². The predicted molar refractivity (Wildman–Crippen MR) is 144 cm³/mol. The third kappa shape index (κ3) is 4.89. The number of unbranched alkanes of at least 4 members (excludes halogenated alkanes) is 1. The molecule has 190 valence electrons. The van der Waals surface area contributed by atoms with Crippen molar-refractivity contribution in [3.8, 4) is 28.3 Å². The van der Waals surface area contributed by atoms with Crippen LogP contribution in [0.4, 0.5) is 0 Å². The number of aromatic amines is 1. The molecule has 0 spiro atoms. The maximum atomic E-state index is 13.8. The van der Waals surface area contributed by atoms with Crippen LogP contribution < -0.4 is 5.69 Å². The molecule has 0 radical (unpaired) electrons. The molecule has 1 aromatic carbocycles. The minimum absolute atomic E-state index is 0.0400. The molecule has 0 saturated carbocycles. The standard InChI is InChI=1S/C28H32N8O/c1-5-6-10-24-18-36(27-25(19(2)3)12-14-34(27)4)28(37)35(24)17-23-16-21(11-13-29-23)20-8-7-9-22(15-20)26-30-32-33-31-26/h7-9,11-16,18-19H,5-6,10,17H2,1-4H3,(H,30,31,32,33). The lowest BCUT2D eigenvalue weighted by Gasteiger charge is -2.10. The van der Waals surface area contributed by atoms with Gasteiger partial charge >= 0.3 is 5.69 Å². The Morgan fingerprint density at radius 2 is 1.86 bits per heavy atom. The second-order valence-electron chi connectivity index (χ2n) is 9.69. The zero-order chi connectivity index (χ0) is 25.9. The zero-order valence-electron chi connectivity index (χ0n) is 21.7. The normalized spacial score (nSPS) is 11.5. The highest BCUT2D eigenvalue weighted by atomic mass is 16.1. The van der Waals surface area contributed by atoms with E-state index in [0.717, 1.165) is 58.7 Å².